The third-order valence-corrected chi connectivity index (χ3v) is 6.64. The van der Waals surface area contributed by atoms with Gasteiger partial charge in [-0.15, -0.1) is 0 Å². The quantitative estimate of drug-likeness (QED) is 0.427. The smallest absolute Gasteiger partial charge is 0.233 e. The summed E-state index contributed by atoms with van der Waals surface area (Å²) in [5, 5.41) is 0.890. The van der Waals surface area contributed by atoms with Gasteiger partial charge >= 0.3 is 0 Å². The lowest BCUT2D eigenvalue weighted by molar-refractivity contribution is 0.589. The van der Waals surface area contributed by atoms with E-state index >= 15 is 0 Å². The minimum Gasteiger partial charge on any atom is -0.233 e. The fraction of sp³-hybridized carbons (Fsp3) is 0.0476. The number of nitrogens with zero attached hydrogens (tertiary/aromatic N) is 1. The molecule has 0 aliphatic rings. The van der Waals surface area contributed by atoms with Crippen LogP contribution in [0.25, 0.3) is 22.2 Å². The fourth-order valence-corrected chi connectivity index (χ4v) is 4.82. The van der Waals surface area contributed by atoms with Crippen LogP contribution in [-0.2, 0) is 10.0 Å². The van der Waals surface area contributed by atoms with Gasteiger partial charge in [-0.05, 0) is 48.9 Å². The van der Waals surface area contributed by atoms with Crippen LogP contribution in [-0.4, -0.2) is 12.4 Å². The van der Waals surface area contributed by atoms with Crippen LogP contribution in [0.2, 0.25) is 0 Å². The predicted octanol–water partition coefficient (Wildman–Crippen LogP) is 5.62. The average molecular weight is 426 g/mol. The molecule has 3 nitrogen and oxygen atoms in total. The Hall–Kier alpha value is -2.37. The van der Waals surface area contributed by atoms with Gasteiger partial charge in [0.2, 0.25) is 0 Å². The number of hydrogen-bond acceptors (Lipinski definition) is 2. The summed E-state index contributed by atoms with van der Waals surface area (Å²) in [7, 11) is -3.72. The van der Waals surface area contributed by atoms with E-state index in [4.69, 9.17) is 0 Å². The first-order valence-corrected chi connectivity index (χ1v) is 10.4. The minimum atomic E-state index is -3.72. The summed E-state index contributed by atoms with van der Waals surface area (Å²) in [4.78, 5) is 0.280. The molecular weight excluding hydrogens is 410 g/mol. The van der Waals surface area contributed by atoms with Crippen molar-refractivity contribution in [1.82, 2.24) is 3.97 Å². The number of halogens is 1. The van der Waals surface area contributed by atoms with Crippen molar-refractivity contribution in [2.75, 3.05) is 0 Å². The van der Waals surface area contributed by atoms with Gasteiger partial charge in [0.25, 0.3) is 10.0 Å². The van der Waals surface area contributed by atoms with Crippen LogP contribution in [0.3, 0.4) is 0 Å². The van der Waals surface area contributed by atoms with E-state index in [1.807, 2.05) is 73.7 Å². The molecule has 26 heavy (non-hydrogen) atoms. The number of para-hydroxylation sites is 1. The Kier molecular flexibility index (Phi) is 4.21. The van der Waals surface area contributed by atoms with Gasteiger partial charge in [0.05, 0.1) is 16.1 Å². The molecule has 0 N–H and O–H groups in total. The number of rotatable bonds is 3. The lowest BCUT2D eigenvalue weighted by Crippen LogP contribution is -2.14. The molecule has 0 radical (unpaired) electrons. The topological polar surface area (TPSA) is 39.1 Å². The average Bonchev–Trinajstić information content (AvgIpc) is 3.03. The molecule has 0 spiro atoms. The third-order valence-electron chi connectivity index (χ3n) is 4.37. The molecule has 4 rings (SSSR count). The first kappa shape index (κ1) is 17.1. The monoisotopic (exact) mass is 425 g/mol. The number of aromatic nitrogens is 1. The lowest BCUT2D eigenvalue weighted by atomic mass is 10.1. The Morgan fingerprint density at radius 3 is 2.19 bits per heavy atom. The summed E-state index contributed by atoms with van der Waals surface area (Å²) in [5.41, 5.74) is 3.19. The van der Waals surface area contributed by atoms with Crippen LogP contribution >= 0.6 is 15.9 Å². The first-order chi connectivity index (χ1) is 12.5. The molecule has 0 amide bonds. The Bertz CT molecular complexity index is 1190. The van der Waals surface area contributed by atoms with E-state index in [2.05, 4.69) is 15.9 Å². The van der Waals surface area contributed by atoms with Crippen molar-refractivity contribution < 1.29 is 8.42 Å². The molecule has 0 aliphatic heterocycles. The number of hydrogen-bond donors (Lipinski definition) is 0. The molecule has 0 saturated heterocycles. The Morgan fingerprint density at radius 2 is 1.50 bits per heavy atom. The summed E-state index contributed by atoms with van der Waals surface area (Å²) in [5.74, 6) is 0. The Labute approximate surface area is 161 Å². The molecule has 0 fully saturated rings. The molecule has 1 heterocycles. The van der Waals surface area contributed by atoms with Crippen LogP contribution < -0.4 is 0 Å². The van der Waals surface area contributed by atoms with E-state index < -0.39 is 10.0 Å². The van der Waals surface area contributed by atoms with Crippen LogP contribution in [0, 0.1) is 6.92 Å². The molecule has 1 aromatic heterocycles. The molecule has 4 aromatic rings. The summed E-state index contributed by atoms with van der Waals surface area (Å²) >= 11 is 3.43. The SMILES string of the molecule is Cc1ccc(S(=O)(=O)n2c(-c3ccc(Br)cc3)cc3ccccc32)cc1. The van der Waals surface area contributed by atoms with Gasteiger partial charge in [0.1, 0.15) is 0 Å². The van der Waals surface area contributed by atoms with Gasteiger partial charge in [-0.3, -0.25) is 0 Å². The van der Waals surface area contributed by atoms with Crippen molar-refractivity contribution >= 4 is 36.9 Å². The van der Waals surface area contributed by atoms with E-state index in [0.29, 0.717) is 11.2 Å². The van der Waals surface area contributed by atoms with Gasteiger partial charge in [-0.25, -0.2) is 12.4 Å². The van der Waals surface area contributed by atoms with E-state index in [1.54, 1.807) is 12.1 Å². The van der Waals surface area contributed by atoms with Crippen molar-refractivity contribution in [3.8, 4) is 11.3 Å². The molecular formula is C21H16BrNO2S. The van der Waals surface area contributed by atoms with Gasteiger partial charge in [0.15, 0.2) is 0 Å². The molecule has 0 unspecified atom stereocenters. The molecule has 5 heteroatoms. The van der Waals surface area contributed by atoms with Crippen LogP contribution in [0.5, 0.6) is 0 Å². The van der Waals surface area contributed by atoms with E-state index in [1.165, 1.54) is 3.97 Å². The second-order valence-electron chi connectivity index (χ2n) is 6.18. The molecule has 0 bridgehead atoms. The standard InChI is InChI=1S/C21H16BrNO2S/c1-15-6-12-19(13-7-15)26(24,25)23-20-5-3-2-4-17(20)14-21(23)16-8-10-18(22)11-9-16/h2-14H,1H3. The Balaban J connectivity index is 2.03. The number of benzene rings is 3. The molecule has 0 atom stereocenters. The van der Waals surface area contributed by atoms with Crippen molar-refractivity contribution in [1.29, 1.82) is 0 Å². The predicted molar refractivity (Wildman–Crippen MR) is 109 cm³/mol. The molecule has 0 saturated carbocycles. The van der Waals surface area contributed by atoms with Crippen molar-refractivity contribution in [2.45, 2.75) is 11.8 Å². The van der Waals surface area contributed by atoms with E-state index in [0.717, 1.165) is 21.0 Å². The molecule has 0 aliphatic carbocycles. The molecule has 130 valence electrons. The highest BCUT2D eigenvalue weighted by Crippen LogP contribution is 2.32. The third kappa shape index (κ3) is 2.87. The maximum absolute atomic E-state index is 13.4. The van der Waals surface area contributed by atoms with Gasteiger partial charge < -0.3 is 0 Å². The maximum Gasteiger partial charge on any atom is 0.268 e. The Morgan fingerprint density at radius 1 is 0.846 bits per heavy atom. The number of aryl methyl sites for hydroxylation is 1. The van der Waals surface area contributed by atoms with Crippen molar-refractivity contribution in [3.63, 3.8) is 0 Å². The number of fused-ring (bicyclic) bond motifs is 1. The second-order valence-corrected chi connectivity index (χ2v) is 8.88. The first-order valence-electron chi connectivity index (χ1n) is 8.15. The largest absolute Gasteiger partial charge is 0.268 e. The minimum absolute atomic E-state index is 0.280. The maximum atomic E-state index is 13.4. The van der Waals surface area contributed by atoms with Crippen LogP contribution in [0.1, 0.15) is 5.56 Å². The summed E-state index contributed by atoms with van der Waals surface area (Å²) < 4.78 is 29.3. The van der Waals surface area contributed by atoms with E-state index in [-0.39, 0.29) is 4.90 Å². The fourth-order valence-electron chi connectivity index (χ4n) is 3.03. The summed E-state index contributed by atoms with van der Waals surface area (Å²) in [6.07, 6.45) is 0. The second kappa shape index (κ2) is 6.41. The zero-order valence-electron chi connectivity index (χ0n) is 14.1. The van der Waals surface area contributed by atoms with Crippen molar-refractivity contribution in [2.24, 2.45) is 0 Å². The van der Waals surface area contributed by atoms with Crippen LogP contribution in [0.15, 0.2) is 88.2 Å². The zero-order chi connectivity index (χ0) is 18.3. The van der Waals surface area contributed by atoms with Gasteiger partial charge in [-0.2, -0.15) is 0 Å². The van der Waals surface area contributed by atoms with E-state index in [9.17, 15) is 8.42 Å². The lowest BCUT2D eigenvalue weighted by Gasteiger charge is -2.12. The normalized spacial score (nSPS) is 11.8. The van der Waals surface area contributed by atoms with Gasteiger partial charge in [0, 0.05) is 9.86 Å². The van der Waals surface area contributed by atoms with Gasteiger partial charge in [-0.1, -0.05) is 64.0 Å². The van der Waals surface area contributed by atoms with Crippen LogP contribution in [0.4, 0.5) is 0 Å². The molecule has 3 aromatic carbocycles. The summed E-state index contributed by atoms with van der Waals surface area (Å²) in [6, 6.07) is 24.1. The summed E-state index contributed by atoms with van der Waals surface area (Å²) in [6.45, 7) is 1.94. The highest BCUT2D eigenvalue weighted by atomic mass is 79.9. The van der Waals surface area contributed by atoms with Crippen molar-refractivity contribution in [3.05, 3.63) is 88.9 Å². The zero-order valence-corrected chi connectivity index (χ0v) is 16.5. The highest BCUT2D eigenvalue weighted by Gasteiger charge is 2.23. The highest BCUT2D eigenvalue weighted by molar-refractivity contribution is 9.10.